The van der Waals surface area contributed by atoms with Crippen molar-refractivity contribution >= 4 is 22.6 Å². The first kappa shape index (κ1) is 14.8. The zero-order valence-corrected chi connectivity index (χ0v) is 13.2. The van der Waals surface area contributed by atoms with E-state index in [2.05, 4.69) is 60.8 Å². The molecule has 0 amide bonds. The lowest BCUT2D eigenvalue weighted by Gasteiger charge is -2.21. The predicted molar refractivity (Wildman–Crippen MR) is 82.1 cm³/mol. The summed E-state index contributed by atoms with van der Waals surface area (Å²) in [6.45, 7) is 7.49. The zero-order valence-electron chi connectivity index (χ0n) is 11.1. The molecule has 3 heteroatoms. The van der Waals surface area contributed by atoms with E-state index in [9.17, 15) is 0 Å². The number of benzene rings is 1. The lowest BCUT2D eigenvalue weighted by Crippen LogP contribution is -2.34. The monoisotopic (exact) mass is 347 g/mol. The van der Waals surface area contributed by atoms with Crippen LogP contribution in [0.4, 0.5) is 0 Å². The third-order valence-corrected chi connectivity index (χ3v) is 3.91. The molecule has 0 aliphatic carbocycles. The van der Waals surface area contributed by atoms with Gasteiger partial charge in [-0.05, 0) is 18.9 Å². The van der Waals surface area contributed by atoms with E-state index in [1.54, 1.807) is 7.11 Å². The van der Waals surface area contributed by atoms with E-state index in [-0.39, 0.29) is 0 Å². The average molecular weight is 347 g/mol. The fourth-order valence-corrected chi connectivity index (χ4v) is 3.08. The zero-order chi connectivity index (χ0) is 12.8. The second-order valence-corrected chi connectivity index (χ2v) is 5.58. The molecule has 0 saturated carbocycles. The topological polar surface area (TPSA) is 21.3 Å². The number of methoxy groups -OCH3 is 1. The van der Waals surface area contributed by atoms with Crippen molar-refractivity contribution in [3.05, 3.63) is 29.3 Å². The van der Waals surface area contributed by atoms with Gasteiger partial charge in [0.1, 0.15) is 5.75 Å². The normalized spacial score (nSPS) is 12.8. The van der Waals surface area contributed by atoms with Crippen LogP contribution in [0.5, 0.6) is 5.75 Å². The van der Waals surface area contributed by atoms with Gasteiger partial charge in [-0.3, -0.25) is 0 Å². The smallest absolute Gasteiger partial charge is 0.123 e. The molecule has 0 aliphatic heterocycles. The van der Waals surface area contributed by atoms with E-state index in [0.29, 0.717) is 12.0 Å². The molecule has 1 aromatic rings. The van der Waals surface area contributed by atoms with E-state index in [0.717, 1.165) is 16.7 Å². The van der Waals surface area contributed by atoms with Crippen molar-refractivity contribution in [1.29, 1.82) is 0 Å². The molecule has 0 radical (unpaired) electrons. The molecule has 0 aliphatic rings. The number of halogens is 1. The number of rotatable bonds is 6. The first-order valence-electron chi connectivity index (χ1n) is 6.01. The SMILES string of the molecule is COc1ccc(C)cc1CNC(CI)C(C)C. The molecule has 2 nitrogen and oxygen atoms in total. The Balaban J connectivity index is 2.70. The minimum Gasteiger partial charge on any atom is -0.496 e. The molecule has 1 N–H and O–H groups in total. The van der Waals surface area contributed by atoms with Crippen molar-refractivity contribution in [2.24, 2.45) is 5.92 Å². The second kappa shape index (κ2) is 7.21. The van der Waals surface area contributed by atoms with E-state index < -0.39 is 0 Å². The van der Waals surface area contributed by atoms with E-state index in [1.807, 2.05) is 6.07 Å². The minimum absolute atomic E-state index is 0.556. The van der Waals surface area contributed by atoms with Crippen LogP contribution in [0, 0.1) is 12.8 Å². The lowest BCUT2D eigenvalue weighted by molar-refractivity contribution is 0.397. The van der Waals surface area contributed by atoms with Crippen LogP contribution in [0.1, 0.15) is 25.0 Å². The first-order chi connectivity index (χ1) is 8.08. The van der Waals surface area contributed by atoms with E-state index >= 15 is 0 Å². The molecule has 1 atom stereocenters. The molecule has 1 aromatic carbocycles. The fourth-order valence-electron chi connectivity index (χ4n) is 1.76. The number of hydrogen-bond donors (Lipinski definition) is 1. The standard InChI is InChI=1S/C14H22INO/c1-10(2)13(8-15)16-9-12-7-11(3)5-6-14(12)17-4/h5-7,10,13,16H,8-9H2,1-4H3. The quantitative estimate of drug-likeness (QED) is 0.628. The van der Waals surface area contributed by atoms with Gasteiger partial charge in [0.2, 0.25) is 0 Å². The molecule has 0 aromatic heterocycles. The van der Waals surface area contributed by atoms with Gasteiger partial charge in [0.05, 0.1) is 7.11 Å². The Morgan fingerprint density at radius 1 is 1.35 bits per heavy atom. The van der Waals surface area contributed by atoms with Crippen molar-refractivity contribution in [2.45, 2.75) is 33.4 Å². The summed E-state index contributed by atoms with van der Waals surface area (Å²) in [6, 6.07) is 6.87. The maximum atomic E-state index is 5.38. The number of alkyl halides is 1. The Kier molecular flexibility index (Phi) is 6.27. The van der Waals surface area contributed by atoms with Crippen molar-refractivity contribution in [2.75, 3.05) is 11.5 Å². The molecule has 0 spiro atoms. The summed E-state index contributed by atoms with van der Waals surface area (Å²) >= 11 is 2.44. The van der Waals surface area contributed by atoms with Crippen LogP contribution < -0.4 is 10.1 Å². The van der Waals surface area contributed by atoms with Crippen LogP contribution in [0.2, 0.25) is 0 Å². The van der Waals surface area contributed by atoms with Gasteiger partial charge in [0.25, 0.3) is 0 Å². The summed E-state index contributed by atoms with van der Waals surface area (Å²) in [7, 11) is 1.73. The van der Waals surface area contributed by atoms with Crippen LogP contribution in [-0.4, -0.2) is 17.6 Å². The van der Waals surface area contributed by atoms with Crippen LogP contribution in [0.3, 0.4) is 0 Å². The van der Waals surface area contributed by atoms with Crippen molar-refractivity contribution in [3.8, 4) is 5.75 Å². The van der Waals surface area contributed by atoms with Crippen LogP contribution in [-0.2, 0) is 6.54 Å². The molecule has 0 saturated heterocycles. The van der Waals surface area contributed by atoms with Crippen molar-refractivity contribution < 1.29 is 4.74 Å². The molecule has 0 fully saturated rings. The molecule has 1 rings (SSSR count). The Morgan fingerprint density at radius 2 is 2.06 bits per heavy atom. The van der Waals surface area contributed by atoms with Gasteiger partial charge in [-0.2, -0.15) is 0 Å². The van der Waals surface area contributed by atoms with Gasteiger partial charge in [-0.25, -0.2) is 0 Å². The van der Waals surface area contributed by atoms with Gasteiger partial charge < -0.3 is 10.1 Å². The van der Waals surface area contributed by atoms with Gasteiger partial charge >= 0.3 is 0 Å². The van der Waals surface area contributed by atoms with Crippen LogP contribution >= 0.6 is 22.6 Å². The van der Waals surface area contributed by atoms with Gasteiger partial charge in [-0.15, -0.1) is 0 Å². The van der Waals surface area contributed by atoms with E-state index in [4.69, 9.17) is 4.74 Å². The maximum absolute atomic E-state index is 5.38. The highest BCUT2D eigenvalue weighted by molar-refractivity contribution is 14.1. The summed E-state index contributed by atoms with van der Waals surface area (Å²) in [4.78, 5) is 0. The Labute approximate surface area is 118 Å². The molecular weight excluding hydrogens is 325 g/mol. The largest absolute Gasteiger partial charge is 0.496 e. The molecular formula is C14H22INO. The predicted octanol–water partition coefficient (Wildman–Crippen LogP) is 3.55. The lowest BCUT2D eigenvalue weighted by atomic mass is 10.1. The summed E-state index contributed by atoms with van der Waals surface area (Å²) in [6.07, 6.45) is 0. The average Bonchev–Trinajstić information content (AvgIpc) is 2.29. The van der Waals surface area contributed by atoms with Gasteiger partial charge in [0.15, 0.2) is 0 Å². The second-order valence-electron chi connectivity index (χ2n) is 4.70. The number of aryl methyl sites for hydroxylation is 1. The summed E-state index contributed by atoms with van der Waals surface area (Å²) in [5.74, 6) is 1.63. The molecule has 0 bridgehead atoms. The highest BCUT2D eigenvalue weighted by Gasteiger charge is 2.12. The van der Waals surface area contributed by atoms with Gasteiger partial charge in [-0.1, -0.05) is 54.1 Å². The minimum atomic E-state index is 0.556. The number of ether oxygens (including phenoxy) is 1. The molecule has 17 heavy (non-hydrogen) atoms. The number of hydrogen-bond acceptors (Lipinski definition) is 2. The third-order valence-electron chi connectivity index (χ3n) is 2.96. The van der Waals surface area contributed by atoms with Crippen LogP contribution in [0.15, 0.2) is 18.2 Å². The highest BCUT2D eigenvalue weighted by Crippen LogP contribution is 2.20. The fraction of sp³-hybridized carbons (Fsp3) is 0.571. The van der Waals surface area contributed by atoms with Crippen molar-refractivity contribution in [3.63, 3.8) is 0 Å². The Hall–Kier alpha value is -0.290. The summed E-state index contributed by atoms with van der Waals surface area (Å²) in [5, 5.41) is 3.60. The Bertz CT molecular complexity index is 352. The Morgan fingerprint density at radius 3 is 2.59 bits per heavy atom. The maximum Gasteiger partial charge on any atom is 0.123 e. The van der Waals surface area contributed by atoms with Crippen LogP contribution in [0.25, 0.3) is 0 Å². The highest BCUT2D eigenvalue weighted by atomic mass is 127. The van der Waals surface area contributed by atoms with E-state index in [1.165, 1.54) is 11.1 Å². The molecule has 1 unspecified atom stereocenters. The molecule has 0 heterocycles. The summed E-state index contributed by atoms with van der Waals surface area (Å²) in [5.41, 5.74) is 2.51. The van der Waals surface area contributed by atoms with Gasteiger partial charge in [0, 0.05) is 22.6 Å². The summed E-state index contributed by atoms with van der Waals surface area (Å²) < 4.78 is 6.51. The van der Waals surface area contributed by atoms with Crippen molar-refractivity contribution in [1.82, 2.24) is 5.32 Å². The molecule has 96 valence electrons. The number of nitrogens with one attached hydrogen (secondary N) is 1. The first-order valence-corrected chi connectivity index (χ1v) is 7.54. The third kappa shape index (κ3) is 4.47.